The zero-order chi connectivity index (χ0) is 39.3. The van der Waals surface area contributed by atoms with Crippen molar-refractivity contribution >= 4 is 86.8 Å². The molecule has 0 unspecified atom stereocenters. The van der Waals surface area contributed by atoms with Crippen LogP contribution in [0.15, 0.2) is 199 Å². The number of hydrogen-bond acceptors (Lipinski definition) is 4. The molecule has 3 heterocycles. The van der Waals surface area contributed by atoms with Crippen molar-refractivity contribution in [3.8, 4) is 39.9 Å². The quantitative estimate of drug-likeness (QED) is 0.167. The van der Waals surface area contributed by atoms with Gasteiger partial charge in [-0.1, -0.05) is 152 Å². The maximum atomic E-state index is 6.89. The fourth-order valence-electron chi connectivity index (χ4n) is 9.39. The van der Waals surface area contributed by atoms with Gasteiger partial charge in [0, 0.05) is 43.6 Å². The molecule has 5 heteroatoms. The maximum Gasteiger partial charge on any atom is 0.166 e. The highest BCUT2D eigenvalue weighted by atomic mass is 16.3. The van der Waals surface area contributed by atoms with Gasteiger partial charge in [-0.3, -0.25) is 0 Å². The summed E-state index contributed by atoms with van der Waals surface area (Å²) >= 11 is 0. The fourth-order valence-corrected chi connectivity index (χ4v) is 9.39. The van der Waals surface area contributed by atoms with Crippen LogP contribution in [0.1, 0.15) is 0 Å². The van der Waals surface area contributed by atoms with Crippen LogP contribution in [0.25, 0.3) is 127 Å². The number of aromatic nitrogens is 4. The zero-order valence-electron chi connectivity index (χ0n) is 32.2. The Labute approximate surface area is 343 Å². The van der Waals surface area contributed by atoms with Crippen LogP contribution in [0.3, 0.4) is 0 Å². The summed E-state index contributed by atoms with van der Waals surface area (Å²) in [4.78, 5) is 16.1. The van der Waals surface area contributed by atoms with Gasteiger partial charge < -0.3 is 8.98 Å². The molecule has 5 nitrogen and oxygen atoms in total. The van der Waals surface area contributed by atoms with E-state index >= 15 is 0 Å². The van der Waals surface area contributed by atoms with Crippen LogP contribution in [-0.4, -0.2) is 19.5 Å². The van der Waals surface area contributed by atoms with Crippen LogP contribution < -0.4 is 0 Å². The van der Waals surface area contributed by atoms with E-state index in [2.05, 4.69) is 180 Å². The van der Waals surface area contributed by atoms with Crippen molar-refractivity contribution in [1.29, 1.82) is 0 Å². The number of fused-ring (bicyclic) bond motifs is 12. The van der Waals surface area contributed by atoms with Gasteiger partial charge >= 0.3 is 0 Å². The van der Waals surface area contributed by atoms with E-state index in [0.29, 0.717) is 17.5 Å². The van der Waals surface area contributed by atoms with E-state index in [1.807, 2.05) is 18.2 Å². The van der Waals surface area contributed by atoms with Crippen molar-refractivity contribution in [3.63, 3.8) is 0 Å². The summed E-state index contributed by atoms with van der Waals surface area (Å²) in [6, 6.07) is 68.6. The molecule has 0 bridgehead atoms. The van der Waals surface area contributed by atoms with E-state index in [0.717, 1.165) is 82.3 Å². The minimum absolute atomic E-state index is 0.560. The number of furan rings is 1. The van der Waals surface area contributed by atoms with Crippen molar-refractivity contribution in [2.75, 3.05) is 0 Å². The fraction of sp³-hybridized carbons (Fsp3) is 0. The molecular formula is C55H32N4O. The number of rotatable bonds is 4. The second kappa shape index (κ2) is 12.7. The third-order valence-corrected chi connectivity index (χ3v) is 12.2. The van der Waals surface area contributed by atoms with Gasteiger partial charge in [0.2, 0.25) is 0 Å². The lowest BCUT2D eigenvalue weighted by molar-refractivity contribution is 0.672. The topological polar surface area (TPSA) is 56.7 Å². The normalized spacial score (nSPS) is 12.0. The Bertz CT molecular complexity index is 3900. The summed E-state index contributed by atoms with van der Waals surface area (Å²) in [7, 11) is 0. The average Bonchev–Trinajstić information content (AvgIpc) is 3.85. The first-order valence-electron chi connectivity index (χ1n) is 20.3. The Morgan fingerprint density at radius 2 is 0.950 bits per heavy atom. The van der Waals surface area contributed by atoms with Gasteiger partial charge in [0.15, 0.2) is 17.5 Å². The number of hydrogen-bond donors (Lipinski definition) is 0. The standard InChI is InChI=1S/C55H32N4O/c1-2-15-34(16-3-1)53-56-54(46-29-37-19-7-8-20-38(37)40-22-10-11-23-41(40)46)58-55(57-53)47-32-51-45(43-27-26-33-14-6-9-21-39(33)52(43)60-51)31-50(47)59-48-25-13-12-24-42(48)44-28-35-17-4-5-18-36(35)30-49(44)59/h1-32H. The molecule has 0 amide bonds. The molecule has 0 aliphatic rings. The van der Waals surface area contributed by atoms with Gasteiger partial charge in [0.1, 0.15) is 11.2 Å². The van der Waals surface area contributed by atoms with Crippen LogP contribution in [0.5, 0.6) is 0 Å². The Kier molecular flexibility index (Phi) is 6.95. The molecule has 3 aromatic heterocycles. The molecule has 0 atom stereocenters. The molecule has 0 aliphatic heterocycles. The van der Waals surface area contributed by atoms with E-state index in [1.54, 1.807) is 0 Å². The molecule has 60 heavy (non-hydrogen) atoms. The highest BCUT2D eigenvalue weighted by Gasteiger charge is 2.24. The first-order chi connectivity index (χ1) is 29.7. The van der Waals surface area contributed by atoms with Crippen LogP contribution >= 0.6 is 0 Å². The largest absolute Gasteiger partial charge is 0.455 e. The van der Waals surface area contributed by atoms with Crippen LogP contribution in [0.2, 0.25) is 0 Å². The van der Waals surface area contributed by atoms with Crippen molar-refractivity contribution in [3.05, 3.63) is 194 Å². The van der Waals surface area contributed by atoms with Crippen molar-refractivity contribution in [1.82, 2.24) is 19.5 Å². The first-order valence-corrected chi connectivity index (χ1v) is 20.3. The summed E-state index contributed by atoms with van der Waals surface area (Å²) in [6.07, 6.45) is 0. The molecule has 0 saturated heterocycles. The predicted octanol–water partition coefficient (Wildman–Crippen LogP) is 14.5. The highest BCUT2D eigenvalue weighted by Crippen LogP contribution is 2.43. The number of nitrogens with zero attached hydrogens (tertiary/aromatic N) is 4. The van der Waals surface area contributed by atoms with E-state index in [4.69, 9.17) is 19.4 Å². The zero-order valence-corrected chi connectivity index (χ0v) is 32.2. The monoisotopic (exact) mass is 764 g/mol. The molecule has 0 fully saturated rings. The minimum atomic E-state index is 0.560. The van der Waals surface area contributed by atoms with E-state index < -0.39 is 0 Å². The van der Waals surface area contributed by atoms with Gasteiger partial charge in [0.05, 0.1) is 16.7 Å². The highest BCUT2D eigenvalue weighted by molar-refractivity contribution is 6.18. The van der Waals surface area contributed by atoms with Crippen molar-refractivity contribution in [2.45, 2.75) is 0 Å². The lowest BCUT2D eigenvalue weighted by Gasteiger charge is -2.16. The van der Waals surface area contributed by atoms with Crippen LogP contribution in [0.4, 0.5) is 0 Å². The van der Waals surface area contributed by atoms with Crippen molar-refractivity contribution < 1.29 is 4.42 Å². The van der Waals surface area contributed by atoms with Crippen molar-refractivity contribution in [2.24, 2.45) is 0 Å². The molecular weight excluding hydrogens is 733 g/mol. The molecule has 278 valence electrons. The smallest absolute Gasteiger partial charge is 0.166 e. The van der Waals surface area contributed by atoms with Gasteiger partial charge in [-0.05, 0) is 80.2 Å². The molecule has 13 aromatic rings. The Hall–Kier alpha value is -8.15. The summed E-state index contributed by atoms with van der Waals surface area (Å²) in [5.74, 6) is 1.77. The summed E-state index contributed by atoms with van der Waals surface area (Å²) in [5.41, 5.74) is 7.49. The average molecular weight is 765 g/mol. The summed E-state index contributed by atoms with van der Waals surface area (Å²) < 4.78 is 9.28. The molecule has 0 spiro atoms. The SMILES string of the molecule is c1ccc(-c2nc(-c3cc4oc5c6ccccc6ccc5c4cc3-n3c4ccccc4c4cc5ccccc5cc43)nc(-c3cc4ccccc4c4ccccc34)n2)cc1. The molecule has 0 saturated carbocycles. The molecule has 10 aromatic carbocycles. The van der Waals surface area contributed by atoms with Gasteiger partial charge in [0.25, 0.3) is 0 Å². The van der Waals surface area contributed by atoms with Gasteiger partial charge in [-0.25, -0.2) is 15.0 Å². The lowest BCUT2D eigenvalue weighted by atomic mass is 9.97. The predicted molar refractivity (Wildman–Crippen MR) is 248 cm³/mol. The van der Waals surface area contributed by atoms with Crippen LogP contribution in [-0.2, 0) is 0 Å². The molecule has 0 aliphatic carbocycles. The number of benzene rings is 10. The minimum Gasteiger partial charge on any atom is -0.455 e. The number of para-hydroxylation sites is 1. The Morgan fingerprint density at radius 1 is 0.333 bits per heavy atom. The van der Waals surface area contributed by atoms with Gasteiger partial charge in [-0.2, -0.15) is 0 Å². The Balaban J connectivity index is 1.18. The molecule has 0 radical (unpaired) electrons. The second-order valence-electron chi connectivity index (χ2n) is 15.6. The van der Waals surface area contributed by atoms with E-state index in [-0.39, 0.29) is 0 Å². The molecule has 0 N–H and O–H groups in total. The van der Waals surface area contributed by atoms with Gasteiger partial charge in [-0.15, -0.1) is 0 Å². The lowest BCUT2D eigenvalue weighted by Crippen LogP contribution is -2.04. The second-order valence-corrected chi connectivity index (χ2v) is 15.6. The Morgan fingerprint density at radius 3 is 1.77 bits per heavy atom. The summed E-state index contributed by atoms with van der Waals surface area (Å²) in [5, 5.41) is 13.6. The maximum absolute atomic E-state index is 6.89. The summed E-state index contributed by atoms with van der Waals surface area (Å²) in [6.45, 7) is 0. The van der Waals surface area contributed by atoms with E-state index in [9.17, 15) is 0 Å². The van der Waals surface area contributed by atoms with Crippen LogP contribution in [0, 0.1) is 0 Å². The molecule has 13 rings (SSSR count). The van der Waals surface area contributed by atoms with E-state index in [1.165, 1.54) is 26.9 Å². The third-order valence-electron chi connectivity index (χ3n) is 12.2. The third kappa shape index (κ3) is 4.90. The first kappa shape index (κ1) is 32.9.